The Bertz CT molecular complexity index is 1050. The molecule has 0 bridgehead atoms. The zero-order chi connectivity index (χ0) is 19.6. The normalized spacial score (nSPS) is 15.2. The highest BCUT2D eigenvalue weighted by Gasteiger charge is 2.27. The highest BCUT2D eigenvalue weighted by molar-refractivity contribution is 7.72. The van der Waals surface area contributed by atoms with Gasteiger partial charge in [0.05, 0.1) is 0 Å². The van der Waals surface area contributed by atoms with Crippen molar-refractivity contribution in [1.82, 2.24) is 0 Å². The average Bonchev–Trinajstić information content (AvgIpc) is 2.71. The van der Waals surface area contributed by atoms with Gasteiger partial charge in [0.1, 0.15) is 11.5 Å². The molecule has 140 valence electrons. The fourth-order valence-corrected chi connectivity index (χ4v) is 5.19. The second kappa shape index (κ2) is 7.71. The van der Waals surface area contributed by atoms with Crippen molar-refractivity contribution < 1.29 is 9.30 Å². The summed E-state index contributed by atoms with van der Waals surface area (Å²) in [4.78, 5) is 0. The van der Waals surface area contributed by atoms with Gasteiger partial charge in [-0.15, -0.1) is 0 Å². The first-order valence-electron chi connectivity index (χ1n) is 8.91. The molecule has 0 saturated heterocycles. The molecule has 0 aliphatic carbocycles. The van der Waals surface area contributed by atoms with E-state index in [9.17, 15) is 4.57 Å². The maximum atomic E-state index is 13.8. The van der Waals surface area contributed by atoms with Gasteiger partial charge in [-0.05, 0) is 30.7 Å². The first kappa shape index (κ1) is 18.6. The van der Waals surface area contributed by atoms with Crippen molar-refractivity contribution in [3.05, 3.63) is 112 Å². The number of benzene rings is 3. The maximum Gasteiger partial charge on any atom is 0.220 e. The highest BCUT2D eigenvalue weighted by Crippen LogP contribution is 2.56. The van der Waals surface area contributed by atoms with E-state index >= 15 is 0 Å². The molecule has 3 aromatic rings. The van der Waals surface area contributed by atoms with E-state index in [0.717, 1.165) is 22.4 Å². The first-order chi connectivity index (χ1) is 13.5. The Morgan fingerprint density at radius 2 is 1.36 bits per heavy atom. The van der Waals surface area contributed by atoms with E-state index < -0.39 is 7.29 Å². The number of hydrogen-bond acceptors (Lipinski definition) is 2. The fraction of sp³-hybridized carbons (Fsp3) is 0.0435. The van der Waals surface area contributed by atoms with Crippen LogP contribution in [0.2, 0.25) is 5.02 Å². The van der Waals surface area contributed by atoms with Crippen LogP contribution in [0.15, 0.2) is 90.5 Å². The van der Waals surface area contributed by atoms with Crippen LogP contribution in [0.5, 0.6) is 0 Å². The third-order valence-electron chi connectivity index (χ3n) is 4.44. The van der Waals surface area contributed by atoms with Crippen molar-refractivity contribution in [3.8, 4) is 0 Å². The first-order valence-corrected chi connectivity index (χ1v) is 11.1. The summed E-state index contributed by atoms with van der Waals surface area (Å²) in [6, 6.07) is 24.9. The molecule has 0 amide bonds. The SMILES string of the molecule is Cc1cc(Cl)ccc1NP1(=O)C=C(c2ccccc2)OC(c2ccccc2)=C1. The van der Waals surface area contributed by atoms with Crippen LogP contribution >= 0.6 is 18.9 Å². The molecule has 1 heterocycles. The lowest BCUT2D eigenvalue weighted by molar-refractivity contribution is 0.469. The number of aryl methyl sites for hydroxylation is 1. The Hall–Kier alpha value is -2.74. The Kier molecular flexibility index (Phi) is 5.13. The van der Waals surface area contributed by atoms with Crippen LogP contribution < -0.4 is 5.09 Å². The Morgan fingerprint density at radius 3 is 1.86 bits per heavy atom. The van der Waals surface area contributed by atoms with Gasteiger partial charge in [0.15, 0.2) is 0 Å². The minimum Gasteiger partial charge on any atom is -0.456 e. The number of halogens is 1. The molecule has 0 atom stereocenters. The predicted molar refractivity (Wildman–Crippen MR) is 117 cm³/mol. The van der Waals surface area contributed by atoms with Crippen molar-refractivity contribution in [2.45, 2.75) is 6.92 Å². The van der Waals surface area contributed by atoms with Crippen LogP contribution in [0.3, 0.4) is 0 Å². The summed E-state index contributed by atoms with van der Waals surface area (Å²) in [7, 11) is -3.06. The number of rotatable bonds is 4. The van der Waals surface area contributed by atoms with Crippen molar-refractivity contribution in [3.63, 3.8) is 0 Å². The largest absolute Gasteiger partial charge is 0.456 e. The summed E-state index contributed by atoms with van der Waals surface area (Å²) in [6.45, 7) is 1.93. The lowest BCUT2D eigenvalue weighted by Crippen LogP contribution is -2.03. The molecule has 0 fully saturated rings. The Balaban J connectivity index is 1.79. The molecule has 0 spiro atoms. The molecule has 5 heteroatoms. The zero-order valence-corrected chi connectivity index (χ0v) is 17.0. The third-order valence-corrected chi connectivity index (χ3v) is 6.50. The monoisotopic (exact) mass is 407 g/mol. The minimum absolute atomic E-state index is 0.574. The van der Waals surface area contributed by atoms with E-state index in [1.165, 1.54) is 0 Å². The standard InChI is InChI=1S/C23H19ClNO2P/c1-17-14-20(24)12-13-21(17)25-28(26)15-22(18-8-4-2-5-9-18)27-23(16-28)19-10-6-3-7-11-19/h2-16H,1H3,(H,25,26). The van der Waals surface area contributed by atoms with Crippen LogP contribution in [0.1, 0.15) is 16.7 Å². The van der Waals surface area contributed by atoms with E-state index in [4.69, 9.17) is 16.3 Å². The molecule has 0 aromatic heterocycles. The molecule has 0 radical (unpaired) electrons. The Morgan fingerprint density at radius 1 is 0.821 bits per heavy atom. The lowest BCUT2D eigenvalue weighted by atomic mass is 10.2. The zero-order valence-electron chi connectivity index (χ0n) is 15.3. The lowest BCUT2D eigenvalue weighted by Gasteiger charge is -2.24. The summed E-state index contributed by atoms with van der Waals surface area (Å²) >= 11 is 6.06. The van der Waals surface area contributed by atoms with Crippen LogP contribution in [0.4, 0.5) is 5.69 Å². The smallest absolute Gasteiger partial charge is 0.220 e. The average molecular weight is 408 g/mol. The molecular formula is C23H19ClNO2P. The molecule has 1 aliphatic heterocycles. The second-order valence-electron chi connectivity index (χ2n) is 6.60. The third kappa shape index (κ3) is 4.06. The quantitative estimate of drug-likeness (QED) is 0.459. The van der Waals surface area contributed by atoms with E-state index in [1.54, 1.807) is 17.7 Å². The van der Waals surface area contributed by atoms with Crippen LogP contribution in [-0.4, -0.2) is 0 Å². The van der Waals surface area contributed by atoms with Gasteiger partial charge in [-0.25, -0.2) is 0 Å². The number of hydrogen-bond donors (Lipinski definition) is 1. The molecule has 28 heavy (non-hydrogen) atoms. The molecule has 1 aliphatic rings. The summed E-state index contributed by atoms with van der Waals surface area (Å²) in [5.41, 5.74) is 3.46. The maximum absolute atomic E-state index is 13.8. The van der Waals surface area contributed by atoms with Gasteiger partial charge < -0.3 is 9.82 Å². The van der Waals surface area contributed by atoms with Gasteiger partial charge in [0, 0.05) is 33.5 Å². The molecular weight excluding hydrogens is 389 g/mol. The van der Waals surface area contributed by atoms with Crippen molar-refractivity contribution in [2.75, 3.05) is 5.09 Å². The topological polar surface area (TPSA) is 38.3 Å². The molecule has 0 saturated carbocycles. The number of anilines is 1. The predicted octanol–water partition coefficient (Wildman–Crippen LogP) is 7.37. The van der Waals surface area contributed by atoms with Gasteiger partial charge >= 0.3 is 0 Å². The van der Waals surface area contributed by atoms with Crippen LogP contribution in [0.25, 0.3) is 11.5 Å². The molecule has 0 unspecified atom stereocenters. The summed E-state index contributed by atoms with van der Waals surface area (Å²) in [5, 5.41) is 3.86. The highest BCUT2D eigenvalue weighted by atomic mass is 35.5. The number of nitrogens with one attached hydrogen (secondary N) is 1. The van der Waals surface area contributed by atoms with Crippen molar-refractivity contribution in [2.24, 2.45) is 0 Å². The molecule has 3 nitrogen and oxygen atoms in total. The summed E-state index contributed by atoms with van der Waals surface area (Å²) < 4.78 is 20.0. The summed E-state index contributed by atoms with van der Waals surface area (Å²) in [6.07, 6.45) is 0. The minimum atomic E-state index is -3.06. The summed E-state index contributed by atoms with van der Waals surface area (Å²) in [5.74, 6) is 4.51. The van der Waals surface area contributed by atoms with E-state index in [0.29, 0.717) is 16.5 Å². The van der Waals surface area contributed by atoms with E-state index in [1.807, 2.05) is 79.7 Å². The van der Waals surface area contributed by atoms with Gasteiger partial charge in [-0.3, -0.25) is 4.57 Å². The van der Waals surface area contributed by atoms with E-state index in [-0.39, 0.29) is 0 Å². The van der Waals surface area contributed by atoms with E-state index in [2.05, 4.69) is 5.09 Å². The molecule has 3 aromatic carbocycles. The number of ether oxygens (including phenoxy) is 1. The van der Waals surface area contributed by atoms with Crippen LogP contribution in [0, 0.1) is 6.92 Å². The van der Waals surface area contributed by atoms with Crippen LogP contribution in [-0.2, 0) is 9.30 Å². The molecule has 4 rings (SSSR count). The second-order valence-corrected chi connectivity index (χ2v) is 9.20. The Labute approximate surface area is 169 Å². The van der Waals surface area contributed by atoms with Gasteiger partial charge in [-0.1, -0.05) is 72.3 Å². The van der Waals surface area contributed by atoms with Crippen molar-refractivity contribution >= 4 is 36.1 Å². The van der Waals surface area contributed by atoms with Gasteiger partial charge in [0.25, 0.3) is 0 Å². The fourth-order valence-electron chi connectivity index (χ4n) is 3.03. The van der Waals surface area contributed by atoms with Gasteiger partial charge in [0.2, 0.25) is 7.29 Å². The molecule has 1 N–H and O–H groups in total. The van der Waals surface area contributed by atoms with Crippen molar-refractivity contribution in [1.29, 1.82) is 0 Å². The van der Waals surface area contributed by atoms with Gasteiger partial charge in [-0.2, -0.15) is 0 Å².